The van der Waals surface area contributed by atoms with Crippen LogP contribution in [0.5, 0.6) is 0 Å². The number of nitrogens with one attached hydrogen (secondary N) is 2. The van der Waals surface area contributed by atoms with E-state index < -0.39 is 0 Å². The van der Waals surface area contributed by atoms with Crippen molar-refractivity contribution in [1.82, 2.24) is 10.3 Å². The molecule has 0 bridgehead atoms. The maximum Gasteiger partial charge on any atom is 0.210 e. The Morgan fingerprint density at radius 2 is 2.00 bits per heavy atom. The largest absolute Gasteiger partial charge is 0.378 e. The Morgan fingerprint density at radius 1 is 1.26 bits per heavy atom. The van der Waals surface area contributed by atoms with E-state index in [9.17, 15) is 0 Å². The van der Waals surface area contributed by atoms with Crippen molar-refractivity contribution in [2.75, 3.05) is 45.7 Å². The van der Waals surface area contributed by atoms with Gasteiger partial charge in [-0.1, -0.05) is 18.2 Å². The van der Waals surface area contributed by atoms with Crippen molar-refractivity contribution < 1.29 is 4.74 Å². The van der Waals surface area contributed by atoms with E-state index >= 15 is 0 Å². The van der Waals surface area contributed by atoms with Crippen molar-refractivity contribution >= 4 is 11.6 Å². The zero-order valence-corrected chi connectivity index (χ0v) is 11.6. The molecular weight excluding hydrogens is 242 g/mol. The van der Waals surface area contributed by atoms with Crippen LogP contribution in [0, 0.1) is 0 Å². The summed E-state index contributed by atoms with van der Waals surface area (Å²) in [6.45, 7) is 2.76. The summed E-state index contributed by atoms with van der Waals surface area (Å²) in [4.78, 5) is 6.36. The van der Waals surface area contributed by atoms with Gasteiger partial charge < -0.3 is 15.0 Å². The summed E-state index contributed by atoms with van der Waals surface area (Å²) < 4.78 is 5.44. The molecule has 19 heavy (non-hydrogen) atoms. The van der Waals surface area contributed by atoms with Crippen LogP contribution in [-0.2, 0) is 4.74 Å². The molecule has 0 atom stereocenters. The van der Waals surface area contributed by atoms with Gasteiger partial charge in [0, 0.05) is 12.2 Å². The number of nitrogens with zero attached hydrogens (tertiary/aromatic N) is 2. The minimum Gasteiger partial charge on any atom is -0.378 e. The van der Waals surface area contributed by atoms with Crippen LogP contribution in [0.4, 0.5) is 5.69 Å². The van der Waals surface area contributed by atoms with Gasteiger partial charge in [-0.15, -0.1) is 0 Å². The molecule has 0 aliphatic carbocycles. The Bertz CT molecular complexity index is 367. The number of hydrogen-bond acceptors (Lipinski definition) is 4. The highest BCUT2D eigenvalue weighted by Gasteiger charge is 1.96. The first-order valence-electron chi connectivity index (χ1n) is 6.28. The van der Waals surface area contributed by atoms with E-state index in [1.165, 1.54) is 0 Å². The highest BCUT2D eigenvalue weighted by Crippen LogP contribution is 2.03. The quantitative estimate of drug-likeness (QED) is 0.220. The highest BCUT2D eigenvalue weighted by atomic mass is 16.5. The molecule has 0 heterocycles. The monoisotopic (exact) mass is 265 g/mol. The topological polar surface area (TPSA) is 74.9 Å². The normalized spacial score (nSPS) is 11.7. The van der Waals surface area contributed by atoms with Crippen molar-refractivity contribution in [1.29, 1.82) is 0 Å². The maximum absolute atomic E-state index is 5.44. The molecule has 0 saturated carbocycles. The number of anilines is 1. The Kier molecular flexibility index (Phi) is 7.57. The smallest absolute Gasteiger partial charge is 0.210 e. The molecule has 6 heteroatoms. The number of benzene rings is 1. The van der Waals surface area contributed by atoms with Gasteiger partial charge in [0.15, 0.2) is 0 Å². The molecule has 1 aromatic rings. The highest BCUT2D eigenvalue weighted by molar-refractivity contribution is 5.93. The predicted molar refractivity (Wildman–Crippen MR) is 79.1 cm³/mol. The van der Waals surface area contributed by atoms with Crippen LogP contribution in [0.15, 0.2) is 35.3 Å². The molecule has 0 unspecified atom stereocenters. The zero-order chi connectivity index (χ0) is 13.9. The molecule has 4 N–H and O–H groups in total. The molecule has 0 amide bonds. The second kappa shape index (κ2) is 9.32. The van der Waals surface area contributed by atoms with E-state index in [1.54, 1.807) is 0 Å². The number of hydrogen-bond donors (Lipinski definition) is 3. The number of para-hydroxylation sites is 1. The Labute approximate surface area is 114 Å². The number of likely N-dealkylation sites (N-methyl/N-ethyl adjacent to an activating group) is 1. The third-order valence-electron chi connectivity index (χ3n) is 2.36. The van der Waals surface area contributed by atoms with Gasteiger partial charge in [0.2, 0.25) is 5.96 Å². The van der Waals surface area contributed by atoms with Crippen molar-refractivity contribution in [2.24, 2.45) is 10.8 Å². The maximum atomic E-state index is 5.44. The van der Waals surface area contributed by atoms with Crippen LogP contribution >= 0.6 is 0 Å². The average Bonchev–Trinajstić information content (AvgIpc) is 2.42. The molecule has 0 radical (unpaired) electrons. The molecule has 0 saturated heterocycles. The molecule has 1 rings (SSSR count). The molecule has 0 spiro atoms. The van der Waals surface area contributed by atoms with Gasteiger partial charge in [-0.25, -0.2) is 10.8 Å². The number of guanidine groups is 1. The minimum atomic E-state index is 0.530. The van der Waals surface area contributed by atoms with Crippen LogP contribution in [0.1, 0.15) is 0 Å². The molecule has 6 nitrogen and oxygen atoms in total. The van der Waals surface area contributed by atoms with Gasteiger partial charge in [0.05, 0.1) is 19.8 Å². The molecular formula is C13H23N5O. The van der Waals surface area contributed by atoms with Crippen molar-refractivity contribution in [3.8, 4) is 0 Å². The Balaban J connectivity index is 2.25. The molecule has 1 aromatic carbocycles. The van der Waals surface area contributed by atoms with E-state index in [0.29, 0.717) is 25.7 Å². The van der Waals surface area contributed by atoms with Crippen LogP contribution in [-0.4, -0.2) is 51.3 Å². The lowest BCUT2D eigenvalue weighted by Gasteiger charge is -2.10. The summed E-state index contributed by atoms with van der Waals surface area (Å²) in [7, 11) is 4.03. The van der Waals surface area contributed by atoms with E-state index in [2.05, 4.69) is 20.6 Å². The summed E-state index contributed by atoms with van der Waals surface area (Å²) in [6, 6.07) is 9.74. The predicted octanol–water partition coefficient (Wildman–Crippen LogP) is 0.496. The summed E-state index contributed by atoms with van der Waals surface area (Å²) in [6.07, 6.45) is 0. The van der Waals surface area contributed by atoms with Crippen molar-refractivity contribution in [3.63, 3.8) is 0 Å². The molecule has 0 fully saturated rings. The van der Waals surface area contributed by atoms with Gasteiger partial charge >= 0.3 is 0 Å². The van der Waals surface area contributed by atoms with Crippen molar-refractivity contribution in [3.05, 3.63) is 30.3 Å². The summed E-state index contributed by atoms with van der Waals surface area (Å²) in [5.41, 5.74) is 3.47. The van der Waals surface area contributed by atoms with Crippen LogP contribution in [0.3, 0.4) is 0 Å². The SMILES string of the molecule is CN(C)CCOCCN=C(NN)Nc1ccccc1. The first kappa shape index (κ1) is 15.4. The zero-order valence-electron chi connectivity index (χ0n) is 11.6. The Hall–Kier alpha value is -1.63. The second-order valence-corrected chi connectivity index (χ2v) is 4.28. The standard InChI is InChI=1S/C13H23N5O/c1-18(2)9-11-19-10-8-15-13(17-14)16-12-6-4-3-5-7-12/h3-7H,8-11,14H2,1-2H3,(H2,15,16,17). The van der Waals surface area contributed by atoms with Gasteiger partial charge in [0.25, 0.3) is 0 Å². The molecule has 0 aliphatic heterocycles. The van der Waals surface area contributed by atoms with Crippen LogP contribution in [0.25, 0.3) is 0 Å². The minimum absolute atomic E-state index is 0.530. The van der Waals surface area contributed by atoms with Gasteiger partial charge in [-0.05, 0) is 26.2 Å². The van der Waals surface area contributed by atoms with E-state index in [0.717, 1.165) is 12.2 Å². The first-order chi connectivity index (χ1) is 9.22. The second-order valence-electron chi connectivity index (χ2n) is 4.28. The number of aliphatic imine (C=N–C) groups is 1. The van der Waals surface area contributed by atoms with Crippen LogP contribution in [0.2, 0.25) is 0 Å². The van der Waals surface area contributed by atoms with Gasteiger partial charge in [-0.2, -0.15) is 0 Å². The van der Waals surface area contributed by atoms with Crippen LogP contribution < -0.4 is 16.6 Å². The number of rotatable bonds is 7. The molecule has 0 aliphatic rings. The third kappa shape index (κ3) is 7.40. The first-order valence-corrected chi connectivity index (χ1v) is 6.28. The Morgan fingerprint density at radius 3 is 2.63 bits per heavy atom. The lowest BCUT2D eigenvalue weighted by atomic mass is 10.3. The van der Waals surface area contributed by atoms with Crippen molar-refractivity contribution in [2.45, 2.75) is 0 Å². The fraction of sp³-hybridized carbons (Fsp3) is 0.462. The molecule has 0 aromatic heterocycles. The van der Waals surface area contributed by atoms with Gasteiger partial charge in [-0.3, -0.25) is 5.43 Å². The lowest BCUT2D eigenvalue weighted by Crippen LogP contribution is -2.36. The summed E-state index contributed by atoms with van der Waals surface area (Å²) in [5.74, 6) is 5.94. The number of ether oxygens (including phenoxy) is 1. The van der Waals surface area contributed by atoms with Gasteiger partial charge in [0.1, 0.15) is 0 Å². The average molecular weight is 265 g/mol. The lowest BCUT2D eigenvalue weighted by molar-refractivity contribution is 0.124. The molecule has 106 valence electrons. The summed E-state index contributed by atoms with van der Waals surface area (Å²) >= 11 is 0. The number of hydrazine groups is 1. The van der Waals surface area contributed by atoms with E-state index in [4.69, 9.17) is 10.6 Å². The summed E-state index contributed by atoms with van der Waals surface area (Å²) in [5, 5.41) is 3.09. The van der Waals surface area contributed by atoms with E-state index in [-0.39, 0.29) is 0 Å². The number of nitrogens with two attached hydrogens (primary N) is 1. The van der Waals surface area contributed by atoms with E-state index in [1.807, 2.05) is 44.4 Å². The fourth-order valence-electron chi connectivity index (χ4n) is 1.35. The third-order valence-corrected chi connectivity index (χ3v) is 2.36. The fourth-order valence-corrected chi connectivity index (χ4v) is 1.35.